The van der Waals surface area contributed by atoms with Crippen molar-refractivity contribution in [1.82, 2.24) is 0 Å². The molecule has 1 rings (SSSR count). The Hall–Kier alpha value is -0.710. The molecule has 84 valence electrons. The summed E-state index contributed by atoms with van der Waals surface area (Å²) in [5.74, 6) is 0. The number of benzene rings is 1. The van der Waals surface area contributed by atoms with Gasteiger partial charge < -0.3 is 15.2 Å². The van der Waals surface area contributed by atoms with E-state index in [0.717, 1.165) is 5.69 Å². The molecule has 15 heavy (non-hydrogen) atoms. The molecule has 1 aromatic rings. The zero-order valence-electron chi connectivity index (χ0n) is 9.06. The molecule has 1 unspecified atom stereocenters. The van der Waals surface area contributed by atoms with E-state index in [4.69, 9.17) is 4.74 Å². The minimum atomic E-state index is -0.468. The summed E-state index contributed by atoms with van der Waals surface area (Å²) >= 11 is 1.69. The van der Waals surface area contributed by atoms with E-state index in [-0.39, 0.29) is 0 Å². The average Bonchev–Trinajstić information content (AvgIpc) is 2.27. The normalized spacial score (nSPS) is 12.5. The van der Waals surface area contributed by atoms with Gasteiger partial charge in [-0.05, 0) is 18.4 Å². The lowest BCUT2D eigenvalue weighted by Crippen LogP contribution is -2.24. The Morgan fingerprint density at radius 1 is 1.47 bits per heavy atom. The van der Waals surface area contributed by atoms with Crippen LogP contribution in [0.1, 0.15) is 0 Å². The van der Waals surface area contributed by atoms with Crippen LogP contribution < -0.4 is 5.32 Å². The van der Waals surface area contributed by atoms with Crippen LogP contribution in [0.15, 0.2) is 29.2 Å². The maximum Gasteiger partial charge on any atom is 0.0945 e. The monoisotopic (exact) mass is 227 g/mol. The van der Waals surface area contributed by atoms with Gasteiger partial charge in [-0.25, -0.2) is 0 Å². The molecule has 0 saturated heterocycles. The van der Waals surface area contributed by atoms with Gasteiger partial charge in [0, 0.05) is 24.2 Å². The standard InChI is InChI=1S/C11H17NO2S/c1-14-8-9(13)7-12-10-5-3-4-6-11(10)15-2/h3-6,9,12-13H,7-8H2,1-2H3. The molecular formula is C11H17NO2S. The minimum Gasteiger partial charge on any atom is -0.389 e. The van der Waals surface area contributed by atoms with Crippen molar-refractivity contribution >= 4 is 17.4 Å². The SMILES string of the molecule is COCC(O)CNc1ccccc1SC. The Balaban J connectivity index is 2.49. The highest BCUT2D eigenvalue weighted by atomic mass is 32.2. The lowest BCUT2D eigenvalue weighted by Gasteiger charge is -2.13. The number of rotatable bonds is 6. The number of thioether (sulfide) groups is 1. The Morgan fingerprint density at radius 3 is 2.87 bits per heavy atom. The predicted octanol–water partition coefficient (Wildman–Crippen LogP) is 1.83. The summed E-state index contributed by atoms with van der Waals surface area (Å²) in [5, 5.41) is 12.7. The number of aliphatic hydroxyl groups is 1. The predicted molar refractivity (Wildman–Crippen MR) is 64.6 cm³/mol. The van der Waals surface area contributed by atoms with E-state index >= 15 is 0 Å². The number of para-hydroxylation sites is 1. The van der Waals surface area contributed by atoms with E-state index in [0.29, 0.717) is 13.2 Å². The summed E-state index contributed by atoms with van der Waals surface area (Å²) in [6.45, 7) is 0.861. The van der Waals surface area contributed by atoms with E-state index in [9.17, 15) is 5.11 Å². The highest BCUT2D eigenvalue weighted by molar-refractivity contribution is 7.98. The maximum atomic E-state index is 9.48. The summed E-state index contributed by atoms with van der Waals surface area (Å²) in [6, 6.07) is 8.04. The fraction of sp³-hybridized carbons (Fsp3) is 0.455. The zero-order valence-corrected chi connectivity index (χ0v) is 9.88. The van der Waals surface area contributed by atoms with Crippen molar-refractivity contribution in [3.63, 3.8) is 0 Å². The molecule has 1 aromatic carbocycles. The molecule has 0 fully saturated rings. The largest absolute Gasteiger partial charge is 0.389 e. The first-order valence-electron chi connectivity index (χ1n) is 4.81. The molecule has 0 saturated carbocycles. The molecular weight excluding hydrogens is 210 g/mol. The second-order valence-electron chi connectivity index (χ2n) is 3.19. The van der Waals surface area contributed by atoms with Gasteiger partial charge in [0.05, 0.1) is 12.7 Å². The van der Waals surface area contributed by atoms with Gasteiger partial charge in [-0.15, -0.1) is 11.8 Å². The number of hydrogen-bond acceptors (Lipinski definition) is 4. The molecule has 0 aromatic heterocycles. The van der Waals surface area contributed by atoms with Gasteiger partial charge >= 0.3 is 0 Å². The fourth-order valence-electron chi connectivity index (χ4n) is 1.27. The molecule has 0 spiro atoms. The molecule has 0 heterocycles. The minimum absolute atomic E-state index is 0.356. The van der Waals surface area contributed by atoms with E-state index in [1.54, 1.807) is 18.9 Å². The first kappa shape index (κ1) is 12.4. The lowest BCUT2D eigenvalue weighted by molar-refractivity contribution is 0.0727. The molecule has 0 aliphatic carbocycles. The third kappa shape index (κ3) is 4.11. The van der Waals surface area contributed by atoms with Crippen molar-refractivity contribution in [2.45, 2.75) is 11.0 Å². The van der Waals surface area contributed by atoms with Crippen LogP contribution in [0.5, 0.6) is 0 Å². The van der Waals surface area contributed by atoms with Crippen LogP contribution in [0.3, 0.4) is 0 Å². The first-order valence-corrected chi connectivity index (χ1v) is 6.04. The van der Waals surface area contributed by atoms with Crippen LogP contribution in [0.4, 0.5) is 5.69 Å². The molecule has 0 amide bonds. The number of anilines is 1. The second-order valence-corrected chi connectivity index (χ2v) is 4.04. The Kier molecular flexibility index (Phi) is 5.53. The second kappa shape index (κ2) is 6.71. The van der Waals surface area contributed by atoms with Gasteiger partial charge in [-0.1, -0.05) is 12.1 Å². The highest BCUT2D eigenvalue weighted by Crippen LogP contribution is 2.24. The Morgan fingerprint density at radius 2 is 2.20 bits per heavy atom. The maximum absolute atomic E-state index is 9.48. The van der Waals surface area contributed by atoms with Crippen LogP contribution in [0.2, 0.25) is 0 Å². The smallest absolute Gasteiger partial charge is 0.0945 e. The molecule has 4 heteroatoms. The Labute approximate surface area is 94.8 Å². The van der Waals surface area contributed by atoms with E-state index in [2.05, 4.69) is 11.4 Å². The topological polar surface area (TPSA) is 41.5 Å². The first-order chi connectivity index (χ1) is 7.27. The van der Waals surface area contributed by atoms with Gasteiger partial charge in [-0.2, -0.15) is 0 Å². The van der Waals surface area contributed by atoms with Crippen molar-refractivity contribution < 1.29 is 9.84 Å². The molecule has 3 nitrogen and oxygen atoms in total. The van der Waals surface area contributed by atoms with E-state index < -0.39 is 6.10 Å². The van der Waals surface area contributed by atoms with Crippen LogP contribution in [0, 0.1) is 0 Å². The van der Waals surface area contributed by atoms with Crippen LogP contribution >= 0.6 is 11.8 Å². The third-order valence-corrected chi connectivity index (χ3v) is 2.79. The average molecular weight is 227 g/mol. The van der Waals surface area contributed by atoms with Gasteiger partial charge in [0.1, 0.15) is 0 Å². The third-order valence-electron chi connectivity index (χ3n) is 1.99. The quantitative estimate of drug-likeness (QED) is 0.728. The molecule has 0 bridgehead atoms. The van der Waals surface area contributed by atoms with Crippen molar-refractivity contribution in [3.8, 4) is 0 Å². The summed E-state index contributed by atoms with van der Waals surface area (Å²) in [4.78, 5) is 1.18. The number of nitrogens with one attached hydrogen (secondary N) is 1. The number of ether oxygens (including phenoxy) is 1. The summed E-state index contributed by atoms with van der Waals surface area (Å²) in [5.41, 5.74) is 1.06. The van der Waals surface area contributed by atoms with Gasteiger partial charge in [0.25, 0.3) is 0 Å². The van der Waals surface area contributed by atoms with E-state index in [1.165, 1.54) is 4.90 Å². The van der Waals surface area contributed by atoms with Crippen molar-refractivity contribution in [3.05, 3.63) is 24.3 Å². The molecule has 0 radical (unpaired) electrons. The van der Waals surface area contributed by atoms with Crippen molar-refractivity contribution in [2.24, 2.45) is 0 Å². The number of hydrogen-bond donors (Lipinski definition) is 2. The number of methoxy groups -OCH3 is 1. The summed E-state index contributed by atoms with van der Waals surface area (Å²) < 4.78 is 4.85. The lowest BCUT2D eigenvalue weighted by atomic mass is 10.3. The van der Waals surface area contributed by atoms with Crippen LogP contribution in [0.25, 0.3) is 0 Å². The summed E-state index contributed by atoms with van der Waals surface area (Å²) in [7, 11) is 1.58. The zero-order chi connectivity index (χ0) is 11.1. The van der Waals surface area contributed by atoms with Gasteiger partial charge in [0.2, 0.25) is 0 Å². The van der Waals surface area contributed by atoms with Gasteiger partial charge in [0.15, 0.2) is 0 Å². The molecule has 0 aliphatic heterocycles. The van der Waals surface area contributed by atoms with E-state index in [1.807, 2.05) is 24.5 Å². The van der Waals surface area contributed by atoms with Crippen LogP contribution in [-0.2, 0) is 4.74 Å². The molecule has 0 aliphatic rings. The molecule has 2 N–H and O–H groups in total. The Bertz CT molecular complexity index is 294. The summed E-state index contributed by atoms with van der Waals surface area (Å²) in [6.07, 6.45) is 1.57. The van der Waals surface area contributed by atoms with Crippen molar-refractivity contribution in [1.29, 1.82) is 0 Å². The van der Waals surface area contributed by atoms with Crippen LogP contribution in [-0.4, -0.2) is 37.7 Å². The highest BCUT2D eigenvalue weighted by Gasteiger charge is 2.04. The molecule has 1 atom stereocenters. The van der Waals surface area contributed by atoms with Gasteiger partial charge in [-0.3, -0.25) is 0 Å². The van der Waals surface area contributed by atoms with Crippen molar-refractivity contribution in [2.75, 3.05) is 31.8 Å². The number of aliphatic hydroxyl groups excluding tert-OH is 1. The fourth-order valence-corrected chi connectivity index (χ4v) is 1.84.